The molecule has 190 valence electrons. The molecule has 1 heterocycles. The highest BCUT2D eigenvalue weighted by Crippen LogP contribution is 2.47. The zero-order valence-corrected chi connectivity index (χ0v) is 21.5. The maximum atomic E-state index is 14.0. The number of hydrogen-bond donors (Lipinski definition) is 1. The highest BCUT2D eigenvalue weighted by atomic mass is 19.1. The van der Waals surface area contributed by atoms with Crippen LogP contribution < -0.4 is 10.2 Å². The summed E-state index contributed by atoms with van der Waals surface area (Å²) in [5.74, 6) is -0.300. The van der Waals surface area contributed by atoms with Crippen LogP contribution in [0, 0.1) is 12.7 Å². The minimum Gasteiger partial charge on any atom is -0.357 e. The Morgan fingerprint density at radius 2 is 1.73 bits per heavy atom. The number of hydrogen-bond acceptors (Lipinski definition) is 3. The average molecular weight is 497 g/mol. The molecule has 2 aliphatic rings. The van der Waals surface area contributed by atoms with Gasteiger partial charge in [0.15, 0.2) is 5.78 Å². The van der Waals surface area contributed by atoms with Crippen molar-refractivity contribution in [2.24, 2.45) is 0 Å². The van der Waals surface area contributed by atoms with Gasteiger partial charge in [-0.15, -0.1) is 0 Å². The van der Waals surface area contributed by atoms with Crippen molar-refractivity contribution < 1.29 is 14.0 Å². The first-order valence-corrected chi connectivity index (χ1v) is 13.2. The normalized spacial score (nSPS) is 19.1. The Kier molecular flexibility index (Phi) is 7.22. The SMILES string of the molecule is CCCCCC(=O)N1c2cc(C)ccc2NC2=C(C(=O)C[C@@H](c3ccccc3)C2)[C@H]1c1ccc(F)cc1. The van der Waals surface area contributed by atoms with Gasteiger partial charge in [-0.1, -0.05) is 68.3 Å². The van der Waals surface area contributed by atoms with Crippen LogP contribution in [0.5, 0.6) is 0 Å². The third-order valence-corrected chi connectivity index (χ3v) is 7.46. The van der Waals surface area contributed by atoms with Gasteiger partial charge in [0, 0.05) is 24.1 Å². The Morgan fingerprint density at radius 3 is 2.46 bits per heavy atom. The Labute approximate surface area is 218 Å². The molecular formula is C32H33FN2O2. The van der Waals surface area contributed by atoms with Gasteiger partial charge in [0.05, 0.1) is 17.4 Å². The number of nitrogens with one attached hydrogen (secondary N) is 1. The smallest absolute Gasteiger partial charge is 0.227 e. The second-order valence-corrected chi connectivity index (χ2v) is 10.2. The molecule has 1 amide bonds. The number of carbonyl (C=O) groups is 2. The summed E-state index contributed by atoms with van der Waals surface area (Å²) in [5.41, 5.74) is 5.91. The highest BCUT2D eigenvalue weighted by Gasteiger charge is 2.41. The third-order valence-electron chi connectivity index (χ3n) is 7.46. The van der Waals surface area contributed by atoms with Crippen molar-refractivity contribution in [3.63, 3.8) is 0 Å². The predicted octanol–water partition coefficient (Wildman–Crippen LogP) is 7.62. The Balaban J connectivity index is 1.68. The molecule has 0 spiro atoms. The Morgan fingerprint density at radius 1 is 0.973 bits per heavy atom. The zero-order valence-electron chi connectivity index (χ0n) is 21.5. The van der Waals surface area contributed by atoms with Crippen molar-refractivity contribution in [2.45, 2.75) is 64.3 Å². The van der Waals surface area contributed by atoms with Crippen LogP contribution in [0.15, 0.2) is 84.1 Å². The first-order valence-electron chi connectivity index (χ1n) is 13.2. The predicted molar refractivity (Wildman–Crippen MR) is 146 cm³/mol. The molecule has 0 fully saturated rings. The van der Waals surface area contributed by atoms with E-state index in [9.17, 15) is 14.0 Å². The van der Waals surface area contributed by atoms with E-state index in [-0.39, 0.29) is 23.4 Å². The number of amides is 1. The Bertz CT molecular complexity index is 1330. The van der Waals surface area contributed by atoms with Gasteiger partial charge < -0.3 is 5.32 Å². The fourth-order valence-electron chi connectivity index (χ4n) is 5.59. The second kappa shape index (κ2) is 10.7. The minimum atomic E-state index is -0.621. The van der Waals surface area contributed by atoms with E-state index in [1.165, 1.54) is 12.1 Å². The summed E-state index contributed by atoms with van der Waals surface area (Å²) in [7, 11) is 0. The van der Waals surface area contributed by atoms with E-state index in [0.29, 0.717) is 24.8 Å². The molecule has 1 aliphatic carbocycles. The first kappa shape index (κ1) is 24.9. The van der Waals surface area contributed by atoms with Gasteiger partial charge in [0.2, 0.25) is 5.91 Å². The summed E-state index contributed by atoms with van der Waals surface area (Å²) >= 11 is 0. The van der Waals surface area contributed by atoms with Gasteiger partial charge in [-0.3, -0.25) is 14.5 Å². The largest absolute Gasteiger partial charge is 0.357 e. The van der Waals surface area contributed by atoms with Crippen LogP contribution in [0.1, 0.15) is 74.1 Å². The van der Waals surface area contributed by atoms with Crippen LogP contribution >= 0.6 is 0 Å². The lowest BCUT2D eigenvalue weighted by atomic mass is 9.78. The van der Waals surface area contributed by atoms with E-state index in [4.69, 9.17) is 0 Å². The molecule has 5 rings (SSSR count). The molecule has 0 saturated carbocycles. The van der Waals surface area contributed by atoms with Crippen molar-refractivity contribution >= 4 is 23.1 Å². The quantitative estimate of drug-likeness (QED) is 0.357. The molecule has 37 heavy (non-hydrogen) atoms. The molecule has 0 bridgehead atoms. The summed E-state index contributed by atoms with van der Waals surface area (Å²) < 4.78 is 14.0. The van der Waals surface area contributed by atoms with Gasteiger partial charge in [0.25, 0.3) is 0 Å². The summed E-state index contributed by atoms with van der Waals surface area (Å²) in [4.78, 5) is 29.7. The average Bonchev–Trinajstić information content (AvgIpc) is 3.04. The van der Waals surface area contributed by atoms with Crippen molar-refractivity contribution in [1.82, 2.24) is 0 Å². The second-order valence-electron chi connectivity index (χ2n) is 10.2. The van der Waals surface area contributed by atoms with Crippen molar-refractivity contribution in [3.05, 3.63) is 107 Å². The number of nitrogens with zero attached hydrogens (tertiary/aromatic N) is 1. The maximum absolute atomic E-state index is 14.0. The van der Waals surface area contributed by atoms with Crippen molar-refractivity contribution in [1.29, 1.82) is 0 Å². The molecule has 1 N–H and O–H groups in total. The van der Waals surface area contributed by atoms with Crippen LogP contribution in [0.25, 0.3) is 0 Å². The third kappa shape index (κ3) is 5.08. The van der Waals surface area contributed by atoms with E-state index in [2.05, 4.69) is 24.4 Å². The van der Waals surface area contributed by atoms with Crippen LogP contribution in [0.3, 0.4) is 0 Å². The molecule has 0 unspecified atom stereocenters. The highest BCUT2D eigenvalue weighted by molar-refractivity contribution is 6.06. The number of unbranched alkanes of at least 4 members (excludes halogenated alkanes) is 2. The summed E-state index contributed by atoms with van der Waals surface area (Å²) in [6, 6.07) is 21.7. The molecule has 3 aromatic carbocycles. The lowest BCUT2D eigenvalue weighted by molar-refractivity contribution is -0.119. The number of allylic oxidation sites excluding steroid dienone is 1. The number of rotatable bonds is 6. The monoisotopic (exact) mass is 496 g/mol. The molecule has 1 aliphatic heterocycles. The Hall–Kier alpha value is -3.73. The number of anilines is 2. The lowest BCUT2D eigenvalue weighted by Gasteiger charge is -2.35. The molecule has 2 atom stereocenters. The van der Waals surface area contributed by atoms with Gasteiger partial charge in [0.1, 0.15) is 5.82 Å². The zero-order chi connectivity index (χ0) is 25.9. The molecule has 4 nitrogen and oxygen atoms in total. The van der Waals surface area contributed by atoms with Crippen molar-refractivity contribution in [3.8, 4) is 0 Å². The lowest BCUT2D eigenvalue weighted by Crippen LogP contribution is -2.38. The molecular weight excluding hydrogens is 463 g/mol. The molecule has 0 saturated heterocycles. The van der Waals surface area contributed by atoms with Gasteiger partial charge in [-0.25, -0.2) is 4.39 Å². The minimum absolute atomic E-state index is 0.0211. The molecule has 5 heteroatoms. The maximum Gasteiger partial charge on any atom is 0.227 e. The topological polar surface area (TPSA) is 49.4 Å². The van der Waals surface area contributed by atoms with Gasteiger partial charge in [-0.2, -0.15) is 0 Å². The number of fused-ring (bicyclic) bond motifs is 1. The molecule has 0 radical (unpaired) electrons. The van der Waals surface area contributed by atoms with Crippen LogP contribution in [-0.4, -0.2) is 11.7 Å². The summed E-state index contributed by atoms with van der Waals surface area (Å²) in [6.45, 7) is 4.11. The number of ketones is 1. The fourth-order valence-corrected chi connectivity index (χ4v) is 5.59. The van der Waals surface area contributed by atoms with Crippen LogP contribution in [-0.2, 0) is 9.59 Å². The van der Waals surface area contributed by atoms with E-state index < -0.39 is 6.04 Å². The standard InChI is InChI=1S/C32H33FN2O2/c1-3-4-6-11-30(37)35-28-18-21(2)12-17-26(28)34-27-19-24(22-9-7-5-8-10-22)20-29(36)31(27)32(35)23-13-15-25(33)16-14-23/h5,7-10,12-18,24,32,34H,3-4,6,11,19-20H2,1-2H3/t24-,32+/m0/s1. The number of halogens is 1. The number of carbonyl (C=O) groups excluding carboxylic acids is 2. The number of Topliss-reactive ketones (excluding diaryl/α,β-unsaturated/α-hetero) is 1. The van der Waals surface area contributed by atoms with Crippen LogP contribution in [0.4, 0.5) is 15.8 Å². The van der Waals surface area contributed by atoms with Crippen LogP contribution in [0.2, 0.25) is 0 Å². The number of aryl methyl sites for hydroxylation is 1. The fraction of sp³-hybridized carbons (Fsp3) is 0.312. The van der Waals surface area contributed by atoms with E-state index >= 15 is 0 Å². The number of benzene rings is 3. The van der Waals surface area contributed by atoms with Gasteiger partial charge >= 0.3 is 0 Å². The molecule has 0 aromatic heterocycles. The summed E-state index contributed by atoms with van der Waals surface area (Å²) in [6.07, 6.45) is 4.18. The first-order chi connectivity index (χ1) is 18.0. The van der Waals surface area contributed by atoms with Crippen molar-refractivity contribution in [2.75, 3.05) is 10.2 Å². The summed E-state index contributed by atoms with van der Waals surface area (Å²) in [5, 5.41) is 3.57. The van der Waals surface area contributed by atoms with E-state index in [1.807, 2.05) is 43.3 Å². The van der Waals surface area contributed by atoms with Gasteiger partial charge in [-0.05, 0) is 66.6 Å². The van der Waals surface area contributed by atoms with E-state index in [1.54, 1.807) is 17.0 Å². The van der Waals surface area contributed by atoms with E-state index in [0.717, 1.165) is 53.0 Å². The molecule has 3 aromatic rings.